The van der Waals surface area contributed by atoms with Gasteiger partial charge in [0.2, 0.25) is 5.36 Å². The average molecular weight is 817 g/mol. The summed E-state index contributed by atoms with van der Waals surface area (Å²) in [5, 5.41) is 10.1. The molecule has 1 N–H and O–H groups in total. The first kappa shape index (κ1) is 44.5. The maximum absolute atomic E-state index is 12.1. The first-order chi connectivity index (χ1) is 27.9. The van der Waals surface area contributed by atoms with Gasteiger partial charge in [0.1, 0.15) is 34.9 Å². The van der Waals surface area contributed by atoms with E-state index in [1.54, 1.807) is 20.3 Å². The molecule has 0 unspecified atom stereocenters. The van der Waals surface area contributed by atoms with Crippen molar-refractivity contribution in [2.45, 2.75) is 56.8 Å². The Morgan fingerprint density at radius 1 is 0.897 bits per heavy atom. The quantitative estimate of drug-likeness (QED) is 0.0513. The molecule has 2 heterocycles. The van der Waals surface area contributed by atoms with Gasteiger partial charge in [0, 0.05) is 66.7 Å². The molecule has 0 spiro atoms. The monoisotopic (exact) mass is 816 g/mol. The summed E-state index contributed by atoms with van der Waals surface area (Å²) in [6.45, 7) is 11.0. The molecule has 2 aromatic carbocycles. The molecule has 3 aliphatic rings. The number of carboxylic acid groups (broad SMARTS) is 1. The van der Waals surface area contributed by atoms with Gasteiger partial charge in [0.25, 0.3) is 0 Å². The standard InChI is InChI=1S/C45H56N2O10S/c1-33-37(15-12-16-42-45(2,3)39-32-36(58(50,51)52)19-21-40(39)47(42)22-11-7-10-17-43(48)49)38-20-18-35(31-41(38)57-44(33)34-13-8-6-9-14-34)46(23-25-55-29-27-53-4)24-26-56-30-28-54-5/h6,8-9,12-16,18-21,31-32H,7,10-11,17,22-30H2,1-5H3,(H-,48,49,50,51,52). The molecule has 0 fully saturated rings. The lowest BCUT2D eigenvalue weighted by atomic mass is 9.83. The number of unbranched alkanes of at least 4 members (excludes halogenated alkanes) is 2. The Balaban J connectivity index is 1.58. The van der Waals surface area contributed by atoms with E-state index < -0.39 is 21.5 Å². The minimum absolute atomic E-state index is 0.103. The van der Waals surface area contributed by atoms with Gasteiger partial charge in [0.05, 0.1) is 37.4 Å². The van der Waals surface area contributed by atoms with Crippen molar-refractivity contribution < 1.29 is 46.2 Å². The molecule has 0 bridgehead atoms. The van der Waals surface area contributed by atoms with Gasteiger partial charge in [-0.2, -0.15) is 0 Å². The third kappa shape index (κ3) is 11.3. The number of benzene rings is 3. The predicted octanol–water partition coefficient (Wildman–Crippen LogP) is 6.70. The van der Waals surface area contributed by atoms with Crippen LogP contribution in [0.4, 0.5) is 5.69 Å². The van der Waals surface area contributed by atoms with E-state index in [4.69, 9.17) is 28.5 Å². The second-order valence-corrected chi connectivity index (χ2v) is 16.1. The SMILES string of the molecule is COCCOCC[N+](CCOCCOC)=c1ccc2c(/C=C/C=C3\N(CCCCCC(=O)O)c4ccc(S(=O)(=O)[O-])cc4C3(C)C)c(C)c(-c3ccccc3)oc-2c1. The summed E-state index contributed by atoms with van der Waals surface area (Å²) in [5.74, 6) is 0.637. The highest BCUT2D eigenvalue weighted by molar-refractivity contribution is 7.85. The van der Waals surface area contributed by atoms with Crippen molar-refractivity contribution in [1.82, 2.24) is 4.58 Å². The molecule has 0 saturated carbocycles. The largest absolute Gasteiger partial charge is 0.744 e. The normalized spacial score (nSPS) is 14.5. The molecule has 0 amide bonds. The Hall–Kier alpha value is -4.63. The Kier molecular flexibility index (Phi) is 16.0. The highest BCUT2D eigenvalue weighted by Crippen LogP contribution is 2.48. The van der Waals surface area contributed by atoms with Gasteiger partial charge in [-0.25, -0.2) is 13.0 Å². The lowest BCUT2D eigenvalue weighted by Gasteiger charge is -2.27. The van der Waals surface area contributed by atoms with Crippen molar-refractivity contribution in [3.63, 3.8) is 0 Å². The van der Waals surface area contributed by atoms with Gasteiger partial charge in [0.15, 0.2) is 13.1 Å². The highest BCUT2D eigenvalue weighted by atomic mass is 32.2. The zero-order valence-corrected chi connectivity index (χ0v) is 35.0. The van der Waals surface area contributed by atoms with Crippen molar-refractivity contribution in [3.05, 3.63) is 107 Å². The third-order valence-corrected chi connectivity index (χ3v) is 11.3. The lowest BCUT2D eigenvalue weighted by Crippen LogP contribution is -2.36. The van der Waals surface area contributed by atoms with Crippen molar-refractivity contribution in [3.8, 4) is 22.6 Å². The molecule has 2 aliphatic heterocycles. The van der Waals surface area contributed by atoms with Crippen LogP contribution in [0.1, 0.15) is 56.2 Å². The minimum Gasteiger partial charge on any atom is -0.744 e. The topological polar surface area (TPSA) is 151 Å². The van der Waals surface area contributed by atoms with Crippen LogP contribution in [-0.2, 0) is 39.3 Å². The van der Waals surface area contributed by atoms with Crippen LogP contribution in [0.15, 0.2) is 93.9 Å². The number of fused-ring (bicyclic) bond motifs is 2. The van der Waals surface area contributed by atoms with Crippen molar-refractivity contribution >= 4 is 27.9 Å². The number of carboxylic acids is 1. The molecule has 13 heteroatoms. The van der Waals surface area contributed by atoms with Gasteiger partial charge in [-0.05, 0) is 61.2 Å². The van der Waals surface area contributed by atoms with E-state index in [-0.39, 0.29) is 11.3 Å². The van der Waals surface area contributed by atoms with Crippen LogP contribution >= 0.6 is 0 Å². The van der Waals surface area contributed by atoms with Crippen LogP contribution in [0, 0.1) is 6.92 Å². The van der Waals surface area contributed by atoms with Crippen LogP contribution in [0.3, 0.4) is 0 Å². The number of aliphatic carboxylic acids is 1. The number of ether oxygens (including phenoxy) is 4. The number of nitrogens with zero attached hydrogens (tertiary/aromatic N) is 2. The first-order valence-corrected chi connectivity index (χ1v) is 21.1. The van der Waals surface area contributed by atoms with Gasteiger partial charge in [-0.1, -0.05) is 62.8 Å². The van der Waals surface area contributed by atoms with E-state index in [1.807, 2.05) is 56.3 Å². The molecule has 0 saturated heterocycles. The van der Waals surface area contributed by atoms with Crippen LogP contribution in [0.2, 0.25) is 0 Å². The van der Waals surface area contributed by atoms with Crippen LogP contribution < -0.4 is 14.8 Å². The number of hydrogen-bond donors (Lipinski definition) is 1. The molecule has 1 aliphatic carbocycles. The van der Waals surface area contributed by atoms with Crippen LogP contribution in [-0.4, -0.2) is 97.5 Å². The van der Waals surface area contributed by atoms with Gasteiger partial charge in [-0.3, -0.25) is 4.79 Å². The van der Waals surface area contributed by atoms with Crippen molar-refractivity contribution in [2.24, 2.45) is 0 Å². The molecular formula is C45H56N2O10S. The fourth-order valence-corrected chi connectivity index (χ4v) is 7.82. The highest BCUT2D eigenvalue weighted by Gasteiger charge is 2.40. The summed E-state index contributed by atoms with van der Waals surface area (Å²) in [5.41, 5.74) is 5.68. The second kappa shape index (κ2) is 20.9. The molecule has 0 atom stereocenters. The van der Waals surface area contributed by atoms with E-state index in [0.29, 0.717) is 71.5 Å². The Bertz CT molecular complexity index is 2190. The van der Waals surface area contributed by atoms with Crippen molar-refractivity contribution in [2.75, 3.05) is 78.4 Å². The molecule has 12 nitrogen and oxygen atoms in total. The molecule has 0 radical (unpaired) electrons. The smallest absolute Gasteiger partial charge is 0.303 e. The van der Waals surface area contributed by atoms with Gasteiger partial charge < -0.3 is 37.9 Å². The summed E-state index contributed by atoms with van der Waals surface area (Å²) in [6, 6.07) is 20.8. The Labute approximate surface area is 342 Å². The van der Waals surface area contributed by atoms with Crippen molar-refractivity contribution in [1.29, 1.82) is 0 Å². The number of anilines is 1. The predicted molar refractivity (Wildman–Crippen MR) is 224 cm³/mol. The van der Waals surface area contributed by atoms with E-state index in [9.17, 15) is 17.8 Å². The summed E-state index contributed by atoms with van der Waals surface area (Å²) in [7, 11) is -1.36. The number of rotatable bonds is 22. The second-order valence-electron chi connectivity index (χ2n) is 14.7. The number of hydrogen-bond acceptors (Lipinski definition) is 10. The molecule has 2 aromatic rings. The first-order valence-electron chi connectivity index (χ1n) is 19.7. The van der Waals surface area contributed by atoms with Gasteiger partial charge >= 0.3 is 5.97 Å². The average Bonchev–Trinajstić information content (AvgIpc) is 3.41. The fourth-order valence-electron chi connectivity index (χ4n) is 7.32. The number of carbonyl (C=O) groups is 1. The van der Waals surface area contributed by atoms with Gasteiger partial charge in [-0.15, -0.1) is 0 Å². The number of methoxy groups -OCH3 is 2. The maximum Gasteiger partial charge on any atom is 0.303 e. The fraction of sp³-hybridized carbons (Fsp3) is 0.422. The maximum atomic E-state index is 12.1. The molecule has 58 heavy (non-hydrogen) atoms. The lowest BCUT2D eigenvalue weighted by molar-refractivity contribution is -0.137. The van der Waals surface area contributed by atoms with Crippen LogP contribution in [0.5, 0.6) is 0 Å². The molecule has 5 rings (SSSR count). The zero-order valence-electron chi connectivity index (χ0n) is 34.2. The third-order valence-electron chi connectivity index (χ3n) is 10.4. The summed E-state index contributed by atoms with van der Waals surface area (Å²) in [6.07, 6.45) is 8.25. The summed E-state index contributed by atoms with van der Waals surface area (Å²) < 4.78 is 67.0. The van der Waals surface area contributed by atoms with E-state index >= 15 is 0 Å². The van der Waals surface area contributed by atoms with E-state index in [0.717, 1.165) is 63.2 Å². The summed E-state index contributed by atoms with van der Waals surface area (Å²) in [4.78, 5) is 13.0. The number of allylic oxidation sites excluding steroid dienone is 3. The molecular weight excluding hydrogens is 761 g/mol. The molecule has 0 aromatic heterocycles. The minimum atomic E-state index is -4.66. The zero-order chi connectivity index (χ0) is 41.7. The van der Waals surface area contributed by atoms with E-state index in [2.05, 4.69) is 40.7 Å². The van der Waals surface area contributed by atoms with E-state index in [1.165, 1.54) is 12.1 Å². The summed E-state index contributed by atoms with van der Waals surface area (Å²) >= 11 is 0. The van der Waals surface area contributed by atoms with Crippen LogP contribution in [0.25, 0.3) is 28.7 Å². The molecule has 312 valence electrons. The Morgan fingerprint density at radius 2 is 1.59 bits per heavy atom. The Morgan fingerprint density at radius 3 is 2.22 bits per heavy atom.